The normalized spacial score (nSPS) is 6.60. The SMILES string of the molecule is COC(=O)OC.O=S(=O)=O. The van der Waals surface area contributed by atoms with Gasteiger partial charge in [0.1, 0.15) is 0 Å². The highest BCUT2D eigenvalue weighted by Crippen LogP contribution is 1.72. The Bertz CT molecular complexity index is 163. The molecule has 0 spiro atoms. The fourth-order valence-electron chi connectivity index (χ4n) is 0.0833. The highest BCUT2D eigenvalue weighted by atomic mass is 32.2. The second-order valence-corrected chi connectivity index (χ2v) is 1.27. The number of ether oxygens (including phenoxy) is 2. The molecule has 0 saturated heterocycles. The van der Waals surface area contributed by atoms with Crippen LogP contribution in [0.1, 0.15) is 0 Å². The van der Waals surface area contributed by atoms with Gasteiger partial charge in [0.25, 0.3) is 0 Å². The van der Waals surface area contributed by atoms with E-state index in [0.29, 0.717) is 0 Å². The van der Waals surface area contributed by atoms with E-state index in [0.717, 1.165) is 0 Å². The Labute approximate surface area is 58.8 Å². The minimum absolute atomic E-state index is 0.657. The van der Waals surface area contributed by atoms with Crippen molar-refractivity contribution < 1.29 is 26.9 Å². The highest BCUT2D eigenvalue weighted by Gasteiger charge is 1.88. The number of carbonyl (C=O) groups excluding carboxylic acids is 1. The van der Waals surface area contributed by atoms with E-state index in [1.54, 1.807) is 0 Å². The van der Waals surface area contributed by atoms with Gasteiger partial charge in [-0.1, -0.05) is 0 Å². The first-order chi connectivity index (χ1) is 4.54. The topological polar surface area (TPSA) is 86.7 Å². The molecule has 0 unspecified atom stereocenters. The predicted molar refractivity (Wildman–Crippen MR) is 29.1 cm³/mol. The summed E-state index contributed by atoms with van der Waals surface area (Å²) in [5, 5.41) is 0. The molecule has 0 heterocycles. The molecule has 10 heavy (non-hydrogen) atoms. The quantitative estimate of drug-likeness (QED) is 0.451. The van der Waals surface area contributed by atoms with E-state index in [9.17, 15) is 4.79 Å². The van der Waals surface area contributed by atoms with E-state index in [4.69, 9.17) is 12.6 Å². The van der Waals surface area contributed by atoms with Crippen LogP contribution < -0.4 is 0 Å². The number of methoxy groups -OCH3 is 2. The van der Waals surface area contributed by atoms with Crippen molar-refractivity contribution in [2.24, 2.45) is 0 Å². The van der Waals surface area contributed by atoms with Crippen LogP contribution in [0.3, 0.4) is 0 Å². The van der Waals surface area contributed by atoms with Gasteiger partial charge >= 0.3 is 16.8 Å². The van der Waals surface area contributed by atoms with E-state index < -0.39 is 16.8 Å². The third-order valence-electron chi connectivity index (χ3n) is 0.333. The summed E-state index contributed by atoms with van der Waals surface area (Å²) in [6.07, 6.45) is -0.657. The lowest BCUT2D eigenvalue weighted by Gasteiger charge is -1.89. The smallest absolute Gasteiger partial charge is 0.438 e. The average molecular weight is 170 g/mol. The van der Waals surface area contributed by atoms with Gasteiger partial charge in [0.15, 0.2) is 0 Å². The average Bonchev–Trinajstić information content (AvgIpc) is 1.85. The molecule has 60 valence electrons. The van der Waals surface area contributed by atoms with Crippen LogP contribution >= 0.6 is 0 Å². The summed E-state index contributed by atoms with van der Waals surface area (Å²) in [7, 11) is -0.600. The molecule has 0 aromatic heterocycles. The largest absolute Gasteiger partial charge is 0.507 e. The minimum atomic E-state index is -3.11. The maximum Gasteiger partial charge on any atom is 0.507 e. The van der Waals surface area contributed by atoms with Gasteiger partial charge in [0.2, 0.25) is 0 Å². The maximum atomic E-state index is 9.74. The van der Waals surface area contributed by atoms with E-state index in [2.05, 4.69) is 9.47 Å². The van der Waals surface area contributed by atoms with Crippen molar-refractivity contribution in [2.75, 3.05) is 14.2 Å². The van der Waals surface area contributed by atoms with Crippen molar-refractivity contribution in [3.05, 3.63) is 0 Å². The standard InChI is InChI=1S/C3H6O3.O3S/c1-5-3(4)6-2;1-4(2)3/h1-2H3;. The molecule has 0 rings (SSSR count). The van der Waals surface area contributed by atoms with E-state index >= 15 is 0 Å². The van der Waals surface area contributed by atoms with E-state index in [1.807, 2.05) is 0 Å². The van der Waals surface area contributed by atoms with Crippen LogP contribution in [0.25, 0.3) is 0 Å². The Morgan fingerprint density at radius 2 is 1.30 bits per heavy atom. The van der Waals surface area contributed by atoms with Crippen LogP contribution in [-0.4, -0.2) is 33.0 Å². The lowest BCUT2D eigenvalue weighted by Crippen LogP contribution is -1.97. The fourth-order valence-corrected chi connectivity index (χ4v) is 0.0833. The molecule has 0 aliphatic rings. The van der Waals surface area contributed by atoms with Crippen LogP contribution in [0.2, 0.25) is 0 Å². The lowest BCUT2D eigenvalue weighted by molar-refractivity contribution is 0.0924. The third kappa shape index (κ3) is 28.6. The summed E-state index contributed by atoms with van der Waals surface area (Å²) >= 11 is 0. The molecule has 0 aliphatic carbocycles. The highest BCUT2D eigenvalue weighted by molar-refractivity contribution is 7.59. The van der Waals surface area contributed by atoms with Crippen molar-refractivity contribution in [3.63, 3.8) is 0 Å². The third-order valence-corrected chi connectivity index (χ3v) is 0.333. The molecule has 7 heteroatoms. The van der Waals surface area contributed by atoms with Crippen molar-refractivity contribution in [1.82, 2.24) is 0 Å². The molecule has 0 aliphatic heterocycles. The number of hydrogen-bond donors (Lipinski definition) is 0. The van der Waals surface area contributed by atoms with Gasteiger partial charge in [-0.3, -0.25) is 0 Å². The molecular formula is C3H6O6S. The van der Waals surface area contributed by atoms with Crippen molar-refractivity contribution >= 4 is 16.8 Å². The first kappa shape index (κ1) is 11.7. The zero-order valence-corrected chi connectivity index (χ0v) is 6.17. The van der Waals surface area contributed by atoms with Gasteiger partial charge < -0.3 is 9.47 Å². The first-order valence-corrected chi connectivity index (χ1v) is 2.93. The zero-order chi connectivity index (χ0) is 8.57. The van der Waals surface area contributed by atoms with E-state index in [1.165, 1.54) is 14.2 Å². The Hall–Kier alpha value is -1.11. The van der Waals surface area contributed by atoms with Crippen LogP contribution in [0.4, 0.5) is 4.79 Å². The summed E-state index contributed by atoms with van der Waals surface area (Å²) in [5.41, 5.74) is 0. The van der Waals surface area contributed by atoms with Gasteiger partial charge in [-0.2, -0.15) is 0 Å². The lowest BCUT2D eigenvalue weighted by atomic mass is 11.3. The minimum Gasteiger partial charge on any atom is -0.438 e. The summed E-state index contributed by atoms with van der Waals surface area (Å²) in [4.78, 5) is 9.74. The van der Waals surface area contributed by atoms with Gasteiger partial charge in [-0.25, -0.2) is 4.79 Å². The zero-order valence-electron chi connectivity index (χ0n) is 5.36. The summed E-state index contributed by atoms with van der Waals surface area (Å²) < 4.78 is 33.4. The molecule has 0 amide bonds. The Morgan fingerprint density at radius 3 is 1.30 bits per heavy atom. The van der Waals surface area contributed by atoms with Crippen LogP contribution in [0, 0.1) is 0 Å². The van der Waals surface area contributed by atoms with Crippen molar-refractivity contribution in [1.29, 1.82) is 0 Å². The molecular weight excluding hydrogens is 164 g/mol. The van der Waals surface area contributed by atoms with Crippen molar-refractivity contribution in [2.45, 2.75) is 0 Å². The molecule has 0 N–H and O–H groups in total. The van der Waals surface area contributed by atoms with Crippen LogP contribution in [0.5, 0.6) is 0 Å². The molecule has 6 nitrogen and oxygen atoms in total. The van der Waals surface area contributed by atoms with Crippen LogP contribution in [0.15, 0.2) is 0 Å². The molecule has 0 aromatic rings. The Kier molecular flexibility index (Phi) is 9.20. The Balaban J connectivity index is 0. The Morgan fingerprint density at radius 1 is 1.10 bits per heavy atom. The predicted octanol–water partition coefficient (Wildman–Crippen LogP) is -0.605. The number of hydrogen-bond acceptors (Lipinski definition) is 6. The molecule has 0 fully saturated rings. The van der Waals surface area contributed by atoms with Crippen molar-refractivity contribution in [3.8, 4) is 0 Å². The molecule has 0 radical (unpaired) electrons. The van der Waals surface area contributed by atoms with Crippen LogP contribution in [-0.2, 0) is 20.1 Å². The number of carbonyl (C=O) groups is 1. The number of rotatable bonds is 0. The maximum absolute atomic E-state index is 9.74. The van der Waals surface area contributed by atoms with E-state index in [-0.39, 0.29) is 0 Å². The first-order valence-electron chi connectivity index (χ1n) is 1.93. The van der Waals surface area contributed by atoms with Gasteiger partial charge in [0, 0.05) is 0 Å². The molecule has 0 aromatic carbocycles. The molecule has 0 bridgehead atoms. The fraction of sp³-hybridized carbons (Fsp3) is 0.667. The van der Waals surface area contributed by atoms with Gasteiger partial charge in [0.05, 0.1) is 14.2 Å². The monoisotopic (exact) mass is 170 g/mol. The second kappa shape index (κ2) is 7.89. The summed E-state index contributed by atoms with van der Waals surface area (Å²) in [6.45, 7) is 0. The second-order valence-electron chi connectivity index (χ2n) is 0.862. The summed E-state index contributed by atoms with van der Waals surface area (Å²) in [5.74, 6) is 0. The molecule has 0 atom stereocenters. The molecule has 0 saturated carbocycles. The van der Waals surface area contributed by atoms with Gasteiger partial charge in [-0.15, -0.1) is 12.6 Å². The van der Waals surface area contributed by atoms with Gasteiger partial charge in [-0.05, 0) is 0 Å². The summed E-state index contributed by atoms with van der Waals surface area (Å²) in [6, 6.07) is 0.